The first-order valence-corrected chi connectivity index (χ1v) is 8.95. The van der Waals surface area contributed by atoms with Crippen LogP contribution in [0.1, 0.15) is 38.1 Å². The Hall–Kier alpha value is -2.42. The van der Waals surface area contributed by atoms with Gasteiger partial charge in [0.15, 0.2) is 0 Å². The van der Waals surface area contributed by atoms with E-state index in [2.05, 4.69) is 16.6 Å². The minimum atomic E-state index is -0.868. The lowest BCUT2D eigenvalue weighted by Crippen LogP contribution is -2.44. The number of carbonyl (C=O) groups is 2. The maximum Gasteiger partial charge on any atom is 0.408 e. The molecule has 0 saturated heterocycles. The first-order valence-electron chi connectivity index (χ1n) is 8.07. The molecule has 0 radical (unpaired) electrons. The number of aliphatic hydroxyl groups excluding tert-OH is 1. The Morgan fingerprint density at radius 2 is 1.96 bits per heavy atom. The van der Waals surface area contributed by atoms with Gasteiger partial charge in [-0.3, -0.25) is 0 Å². The Balaban J connectivity index is 2.98. The first kappa shape index (κ1) is 22.6. The van der Waals surface area contributed by atoms with Crippen molar-refractivity contribution in [3.8, 4) is 0 Å². The molecule has 0 heterocycles. The van der Waals surface area contributed by atoms with Crippen molar-refractivity contribution in [1.82, 2.24) is 5.32 Å². The van der Waals surface area contributed by atoms with Gasteiger partial charge in [0.05, 0.1) is 12.7 Å². The molecule has 0 spiro atoms. The molecule has 0 fully saturated rings. The maximum atomic E-state index is 14.1. The molecule has 0 aliphatic rings. The summed E-state index contributed by atoms with van der Waals surface area (Å²) in [4.78, 5) is 23.8. The number of hydrogen-bond donors (Lipinski definition) is 3. The van der Waals surface area contributed by atoms with Crippen LogP contribution in [0.25, 0.3) is 0 Å². The van der Waals surface area contributed by atoms with Crippen LogP contribution < -0.4 is 11.1 Å². The van der Waals surface area contributed by atoms with Gasteiger partial charge in [-0.05, 0) is 32.9 Å². The average Bonchev–Trinajstić information content (AvgIpc) is 2.52. The number of hydrogen-bond acceptors (Lipinski definition) is 7. The zero-order valence-corrected chi connectivity index (χ0v) is 16.8. The number of methoxy groups -OCH3 is 1. The number of aliphatic hydroxyl groups is 1. The van der Waals surface area contributed by atoms with Crippen LogP contribution in [0.2, 0.25) is 0 Å². The van der Waals surface area contributed by atoms with Crippen molar-refractivity contribution in [3.05, 3.63) is 35.9 Å². The van der Waals surface area contributed by atoms with Gasteiger partial charge in [0.1, 0.15) is 23.2 Å². The Labute approximate surface area is 162 Å². The summed E-state index contributed by atoms with van der Waals surface area (Å²) in [5.74, 6) is -1.91. The van der Waals surface area contributed by atoms with E-state index in [0.29, 0.717) is 4.90 Å². The van der Waals surface area contributed by atoms with E-state index in [9.17, 15) is 19.1 Å². The van der Waals surface area contributed by atoms with Crippen LogP contribution in [0.15, 0.2) is 29.4 Å². The monoisotopic (exact) mass is 400 g/mol. The predicted molar refractivity (Wildman–Crippen MR) is 102 cm³/mol. The number of esters is 1. The summed E-state index contributed by atoms with van der Waals surface area (Å²) in [5, 5.41) is 11.9. The number of anilines is 1. The molecule has 2 atom stereocenters. The van der Waals surface area contributed by atoms with Crippen LogP contribution in [0.3, 0.4) is 0 Å². The van der Waals surface area contributed by atoms with Crippen molar-refractivity contribution < 1.29 is 28.6 Å². The third kappa shape index (κ3) is 6.67. The van der Waals surface area contributed by atoms with Crippen LogP contribution in [0, 0.1) is 5.82 Å². The minimum Gasteiger partial charge on any atom is -0.511 e. The van der Waals surface area contributed by atoms with E-state index in [-0.39, 0.29) is 17.0 Å². The standard InChI is InChI=1S/C18H25FN2O5S/c1-9(22)15(21-17(24)26-18(3,4)5)10(2)27-14-8-12(19)11(7-13(14)20)16(23)25-6/h7-8,10,15,22H,1,20H2,2-6H3,(H,21,24)/t10-,15-/m1/s1. The molecule has 1 amide bonds. The number of thioether (sulfide) groups is 1. The Morgan fingerprint density at radius 1 is 1.37 bits per heavy atom. The number of halogens is 1. The number of nitrogens with two attached hydrogens (primary N) is 1. The molecule has 1 aromatic rings. The second-order valence-corrected chi connectivity index (χ2v) is 8.22. The Kier molecular flexibility index (Phi) is 7.53. The predicted octanol–water partition coefficient (Wildman–Crippen LogP) is 3.64. The van der Waals surface area contributed by atoms with E-state index >= 15 is 0 Å². The fourth-order valence-electron chi connectivity index (χ4n) is 2.11. The third-order valence-electron chi connectivity index (χ3n) is 3.32. The summed E-state index contributed by atoms with van der Waals surface area (Å²) >= 11 is 1.10. The van der Waals surface area contributed by atoms with Crippen LogP contribution >= 0.6 is 11.8 Å². The molecule has 1 aromatic carbocycles. The molecule has 7 nitrogen and oxygen atoms in total. The Bertz CT molecular complexity index is 733. The molecule has 150 valence electrons. The number of benzene rings is 1. The zero-order valence-electron chi connectivity index (χ0n) is 16.0. The number of nitrogen functional groups attached to an aromatic ring is 1. The molecule has 0 bridgehead atoms. The van der Waals surface area contributed by atoms with Crippen LogP contribution in [-0.4, -0.2) is 41.2 Å². The lowest BCUT2D eigenvalue weighted by molar-refractivity contribution is 0.0500. The van der Waals surface area contributed by atoms with Gasteiger partial charge in [0, 0.05) is 15.8 Å². The lowest BCUT2D eigenvalue weighted by atomic mass is 10.2. The largest absolute Gasteiger partial charge is 0.511 e. The minimum absolute atomic E-state index is 0.160. The number of ether oxygens (including phenoxy) is 2. The zero-order chi connectivity index (χ0) is 20.9. The summed E-state index contributed by atoms with van der Waals surface area (Å²) in [7, 11) is 1.14. The molecular weight excluding hydrogens is 375 g/mol. The second kappa shape index (κ2) is 8.98. The molecule has 0 aliphatic heterocycles. The van der Waals surface area contributed by atoms with E-state index in [4.69, 9.17) is 10.5 Å². The van der Waals surface area contributed by atoms with Gasteiger partial charge in [0.2, 0.25) is 0 Å². The fraction of sp³-hybridized carbons (Fsp3) is 0.444. The highest BCUT2D eigenvalue weighted by atomic mass is 32.2. The summed E-state index contributed by atoms with van der Waals surface area (Å²) in [6, 6.07) is 1.42. The van der Waals surface area contributed by atoms with Gasteiger partial charge >= 0.3 is 12.1 Å². The van der Waals surface area contributed by atoms with Crippen LogP contribution in [-0.2, 0) is 9.47 Å². The Morgan fingerprint density at radius 3 is 2.44 bits per heavy atom. The van der Waals surface area contributed by atoms with Crippen LogP contribution in [0.4, 0.5) is 14.9 Å². The van der Waals surface area contributed by atoms with Gasteiger partial charge in [0.25, 0.3) is 0 Å². The van der Waals surface area contributed by atoms with Crippen molar-refractivity contribution in [3.63, 3.8) is 0 Å². The van der Waals surface area contributed by atoms with Gasteiger partial charge in [-0.2, -0.15) is 0 Å². The van der Waals surface area contributed by atoms with Gasteiger partial charge in [-0.15, -0.1) is 11.8 Å². The summed E-state index contributed by atoms with van der Waals surface area (Å²) in [5.41, 5.74) is 5.07. The third-order valence-corrected chi connectivity index (χ3v) is 4.57. The number of amides is 1. The highest BCUT2D eigenvalue weighted by molar-refractivity contribution is 8.00. The second-order valence-electron chi connectivity index (χ2n) is 6.80. The van der Waals surface area contributed by atoms with Crippen LogP contribution in [0.5, 0.6) is 0 Å². The van der Waals surface area contributed by atoms with Gasteiger partial charge in [-0.25, -0.2) is 14.0 Å². The van der Waals surface area contributed by atoms with Crippen molar-refractivity contribution in [2.24, 2.45) is 0 Å². The van der Waals surface area contributed by atoms with Gasteiger partial charge < -0.3 is 25.6 Å². The van der Waals surface area contributed by atoms with Gasteiger partial charge in [-0.1, -0.05) is 13.5 Å². The molecule has 0 aromatic heterocycles. The smallest absolute Gasteiger partial charge is 0.408 e. The molecule has 27 heavy (non-hydrogen) atoms. The number of nitrogens with one attached hydrogen (secondary N) is 1. The lowest BCUT2D eigenvalue weighted by Gasteiger charge is -2.26. The number of carbonyl (C=O) groups excluding carboxylic acids is 2. The summed E-state index contributed by atoms with van der Waals surface area (Å²) in [6.07, 6.45) is -0.727. The SMILES string of the molecule is C=C(O)[C@@H](NC(=O)OC(C)(C)C)[C@@H](C)Sc1cc(F)c(C(=O)OC)cc1N. The van der Waals surface area contributed by atoms with E-state index in [1.54, 1.807) is 27.7 Å². The molecule has 0 unspecified atom stereocenters. The first-order chi connectivity index (χ1) is 12.4. The van der Waals surface area contributed by atoms with E-state index in [1.807, 2.05) is 0 Å². The van der Waals surface area contributed by atoms with E-state index in [0.717, 1.165) is 24.9 Å². The topological polar surface area (TPSA) is 111 Å². The van der Waals surface area contributed by atoms with E-state index < -0.39 is 34.8 Å². The molecule has 0 saturated carbocycles. The van der Waals surface area contributed by atoms with Crippen molar-refractivity contribution in [1.29, 1.82) is 0 Å². The van der Waals surface area contributed by atoms with E-state index in [1.165, 1.54) is 6.07 Å². The normalized spacial score (nSPS) is 13.4. The number of alkyl carbamates (subject to hydrolysis) is 1. The average molecular weight is 400 g/mol. The van der Waals surface area contributed by atoms with Crippen molar-refractivity contribution in [2.75, 3.05) is 12.8 Å². The van der Waals surface area contributed by atoms with Crippen molar-refractivity contribution in [2.45, 2.75) is 49.5 Å². The number of rotatable bonds is 6. The highest BCUT2D eigenvalue weighted by Crippen LogP contribution is 2.33. The molecular formula is C18H25FN2O5S. The molecule has 1 rings (SSSR count). The summed E-state index contributed by atoms with van der Waals surface area (Å²) in [6.45, 7) is 10.3. The molecule has 4 N–H and O–H groups in total. The summed E-state index contributed by atoms with van der Waals surface area (Å²) < 4.78 is 23.8. The quantitative estimate of drug-likeness (QED) is 0.289. The van der Waals surface area contributed by atoms with Crippen molar-refractivity contribution >= 4 is 29.5 Å². The molecule has 0 aliphatic carbocycles. The fourth-order valence-corrected chi connectivity index (χ4v) is 3.24. The molecule has 9 heteroatoms. The maximum absolute atomic E-state index is 14.1. The highest BCUT2D eigenvalue weighted by Gasteiger charge is 2.27.